The van der Waals surface area contributed by atoms with Crippen molar-refractivity contribution in [1.82, 2.24) is 15.5 Å². The van der Waals surface area contributed by atoms with E-state index < -0.39 is 0 Å². The molecule has 1 unspecified atom stereocenters. The maximum atomic E-state index is 6.00. The summed E-state index contributed by atoms with van der Waals surface area (Å²) in [5.74, 6) is 0.725. The molecule has 0 amide bonds. The lowest BCUT2D eigenvalue weighted by atomic mass is 10.0. The first-order valence-corrected chi connectivity index (χ1v) is 6.41. The highest BCUT2D eigenvalue weighted by Gasteiger charge is 2.09. The lowest BCUT2D eigenvalue weighted by Gasteiger charge is -2.17. The van der Waals surface area contributed by atoms with E-state index in [4.69, 9.17) is 16.1 Å². The number of nitrogens with zero attached hydrogens (tertiary/aromatic N) is 2. The summed E-state index contributed by atoms with van der Waals surface area (Å²) in [5, 5.41) is 8.02. The van der Waals surface area contributed by atoms with E-state index >= 15 is 0 Å². The van der Waals surface area contributed by atoms with Crippen LogP contribution in [0.3, 0.4) is 0 Å². The van der Waals surface area contributed by atoms with E-state index in [1.165, 1.54) is 12.0 Å². The maximum Gasteiger partial charge on any atom is 0.213 e. The van der Waals surface area contributed by atoms with Gasteiger partial charge >= 0.3 is 0 Å². The van der Waals surface area contributed by atoms with Gasteiger partial charge in [0.2, 0.25) is 6.39 Å². The Balaban J connectivity index is 1.89. The highest BCUT2D eigenvalue weighted by atomic mass is 35.5. The number of hydrogen-bond acceptors (Lipinski definition) is 4. The van der Waals surface area contributed by atoms with Gasteiger partial charge in [0.15, 0.2) is 5.82 Å². The highest BCUT2D eigenvalue weighted by molar-refractivity contribution is 6.30. The first kappa shape index (κ1) is 13.1. The molecule has 2 rings (SSSR count). The van der Waals surface area contributed by atoms with Crippen molar-refractivity contribution in [3.05, 3.63) is 47.1 Å². The average Bonchev–Trinajstić information content (AvgIpc) is 2.88. The number of aromatic nitrogens is 2. The van der Waals surface area contributed by atoms with E-state index in [0.717, 1.165) is 30.2 Å². The van der Waals surface area contributed by atoms with Gasteiger partial charge in [-0.2, -0.15) is 4.98 Å². The molecule has 1 atom stereocenters. The van der Waals surface area contributed by atoms with Crippen molar-refractivity contribution in [3.63, 3.8) is 0 Å². The van der Waals surface area contributed by atoms with Crippen molar-refractivity contribution < 1.29 is 4.52 Å². The van der Waals surface area contributed by atoms with Crippen molar-refractivity contribution in [2.24, 2.45) is 0 Å². The normalized spacial score (nSPS) is 12.6. The average molecular weight is 266 g/mol. The second kappa shape index (κ2) is 6.52. The summed E-state index contributed by atoms with van der Waals surface area (Å²) < 4.78 is 4.69. The van der Waals surface area contributed by atoms with Crippen LogP contribution in [0, 0.1) is 0 Å². The van der Waals surface area contributed by atoms with Crippen LogP contribution in [-0.2, 0) is 6.42 Å². The molecule has 0 fully saturated rings. The Morgan fingerprint density at radius 1 is 1.44 bits per heavy atom. The Morgan fingerprint density at radius 2 is 2.33 bits per heavy atom. The van der Waals surface area contributed by atoms with Gasteiger partial charge in [0.25, 0.3) is 0 Å². The van der Waals surface area contributed by atoms with E-state index in [0.29, 0.717) is 6.04 Å². The van der Waals surface area contributed by atoms with Gasteiger partial charge in [0.05, 0.1) is 0 Å². The molecule has 1 N–H and O–H groups in total. The number of benzene rings is 1. The lowest BCUT2D eigenvalue weighted by Crippen LogP contribution is -2.23. The Hall–Kier alpha value is -1.39. The van der Waals surface area contributed by atoms with Crippen LogP contribution in [0.1, 0.15) is 30.8 Å². The number of hydrogen-bond donors (Lipinski definition) is 1. The molecule has 0 saturated carbocycles. The second-order valence-corrected chi connectivity index (χ2v) is 4.50. The number of rotatable bonds is 6. The van der Waals surface area contributed by atoms with Crippen molar-refractivity contribution >= 4 is 11.6 Å². The summed E-state index contributed by atoms with van der Waals surface area (Å²) in [6, 6.07) is 8.24. The Labute approximate surface area is 111 Å². The fraction of sp³-hybridized carbons (Fsp3) is 0.385. The first-order valence-electron chi connectivity index (χ1n) is 6.03. The Bertz CT molecular complexity index is 473. The zero-order valence-corrected chi connectivity index (χ0v) is 11.0. The van der Waals surface area contributed by atoms with Crippen molar-refractivity contribution in [2.45, 2.75) is 25.8 Å². The van der Waals surface area contributed by atoms with E-state index in [9.17, 15) is 0 Å². The fourth-order valence-electron chi connectivity index (χ4n) is 1.88. The van der Waals surface area contributed by atoms with E-state index in [2.05, 4.69) is 28.4 Å². The molecule has 96 valence electrons. The van der Waals surface area contributed by atoms with Gasteiger partial charge in [-0.3, -0.25) is 0 Å². The second-order valence-electron chi connectivity index (χ2n) is 4.07. The molecular weight excluding hydrogens is 250 g/mol. The summed E-state index contributed by atoms with van der Waals surface area (Å²) in [7, 11) is 0. The molecule has 0 radical (unpaired) electrons. The molecule has 0 saturated heterocycles. The molecule has 2 aromatic rings. The zero-order chi connectivity index (χ0) is 12.8. The molecule has 0 aliphatic rings. The van der Waals surface area contributed by atoms with Crippen molar-refractivity contribution in [3.8, 4) is 0 Å². The summed E-state index contributed by atoms with van der Waals surface area (Å²) in [6.07, 6.45) is 3.11. The Morgan fingerprint density at radius 3 is 3.00 bits per heavy atom. The van der Waals surface area contributed by atoms with Crippen LogP contribution in [-0.4, -0.2) is 16.7 Å². The van der Waals surface area contributed by atoms with Gasteiger partial charge in [-0.25, -0.2) is 0 Å². The molecule has 0 aliphatic carbocycles. The minimum atomic E-state index is 0.301. The van der Waals surface area contributed by atoms with Crippen LogP contribution in [0.5, 0.6) is 0 Å². The van der Waals surface area contributed by atoms with Gasteiger partial charge in [-0.05, 0) is 24.1 Å². The molecule has 0 aliphatic heterocycles. The Kier molecular flexibility index (Phi) is 4.73. The molecule has 0 bridgehead atoms. The summed E-state index contributed by atoms with van der Waals surface area (Å²) in [4.78, 5) is 3.99. The van der Waals surface area contributed by atoms with Crippen LogP contribution >= 0.6 is 11.6 Å². The number of nitrogens with one attached hydrogen (secondary N) is 1. The topological polar surface area (TPSA) is 51.0 Å². The van der Waals surface area contributed by atoms with Gasteiger partial charge in [0, 0.05) is 24.0 Å². The van der Waals surface area contributed by atoms with Crippen molar-refractivity contribution in [1.29, 1.82) is 0 Å². The molecule has 0 spiro atoms. The molecule has 4 nitrogen and oxygen atoms in total. The smallest absolute Gasteiger partial charge is 0.213 e. The minimum Gasteiger partial charge on any atom is -0.343 e. The summed E-state index contributed by atoms with van der Waals surface area (Å²) in [5.41, 5.74) is 1.21. The monoisotopic (exact) mass is 265 g/mol. The van der Waals surface area contributed by atoms with Crippen molar-refractivity contribution in [2.75, 3.05) is 6.54 Å². The van der Waals surface area contributed by atoms with E-state index in [1.807, 2.05) is 18.2 Å². The summed E-state index contributed by atoms with van der Waals surface area (Å²) >= 11 is 6.00. The quantitative estimate of drug-likeness (QED) is 0.872. The molecule has 5 heteroatoms. The van der Waals surface area contributed by atoms with Gasteiger partial charge in [0.1, 0.15) is 0 Å². The van der Waals surface area contributed by atoms with Crippen LogP contribution in [0.25, 0.3) is 0 Å². The zero-order valence-electron chi connectivity index (χ0n) is 10.3. The lowest BCUT2D eigenvalue weighted by molar-refractivity contribution is 0.408. The third-order valence-corrected chi connectivity index (χ3v) is 3.04. The van der Waals surface area contributed by atoms with Gasteiger partial charge in [-0.1, -0.05) is 35.8 Å². The SMILES string of the molecule is CCC(NCCc1ncon1)c1cccc(Cl)c1. The van der Waals surface area contributed by atoms with Crippen LogP contribution in [0.2, 0.25) is 5.02 Å². The molecule has 1 heterocycles. The van der Waals surface area contributed by atoms with Crippen LogP contribution < -0.4 is 5.32 Å². The molecule has 1 aromatic heterocycles. The highest BCUT2D eigenvalue weighted by Crippen LogP contribution is 2.20. The number of halogens is 1. The van der Waals surface area contributed by atoms with Gasteiger partial charge < -0.3 is 9.84 Å². The van der Waals surface area contributed by atoms with E-state index in [-0.39, 0.29) is 0 Å². The predicted molar refractivity (Wildman–Crippen MR) is 70.5 cm³/mol. The predicted octanol–water partition coefficient (Wildman–Crippen LogP) is 3.01. The molecule has 18 heavy (non-hydrogen) atoms. The van der Waals surface area contributed by atoms with E-state index in [1.54, 1.807) is 0 Å². The van der Waals surface area contributed by atoms with Crippen LogP contribution in [0.15, 0.2) is 35.2 Å². The first-order chi connectivity index (χ1) is 8.79. The standard InChI is InChI=1S/C13H16ClN3O/c1-2-12(10-4-3-5-11(14)8-10)15-7-6-13-16-9-18-17-13/h3-5,8-9,12,15H,2,6-7H2,1H3. The molecular formula is C13H16ClN3O. The largest absolute Gasteiger partial charge is 0.343 e. The molecule has 1 aromatic carbocycles. The minimum absolute atomic E-state index is 0.301. The fourth-order valence-corrected chi connectivity index (χ4v) is 2.08. The third-order valence-electron chi connectivity index (χ3n) is 2.81. The van der Waals surface area contributed by atoms with Gasteiger partial charge in [-0.15, -0.1) is 0 Å². The summed E-state index contributed by atoms with van der Waals surface area (Å²) in [6.45, 7) is 2.96. The maximum absolute atomic E-state index is 6.00. The third kappa shape index (κ3) is 3.55. The van der Waals surface area contributed by atoms with Crippen LogP contribution in [0.4, 0.5) is 0 Å².